The Morgan fingerprint density at radius 3 is 2.79 bits per heavy atom. The number of hydrogen-bond acceptors (Lipinski definition) is 5. The number of benzene rings is 1. The van der Waals surface area contributed by atoms with Crippen molar-refractivity contribution in [2.75, 3.05) is 32.1 Å². The van der Waals surface area contributed by atoms with Gasteiger partial charge in [0.1, 0.15) is 19.0 Å². The highest BCUT2D eigenvalue weighted by atomic mass is 32.2. The van der Waals surface area contributed by atoms with Gasteiger partial charge in [0.05, 0.1) is 10.8 Å². The van der Waals surface area contributed by atoms with Crippen LogP contribution < -0.4 is 20.5 Å². The van der Waals surface area contributed by atoms with Crippen LogP contribution in [0.25, 0.3) is 0 Å². The second-order valence-corrected chi connectivity index (χ2v) is 5.39. The summed E-state index contributed by atoms with van der Waals surface area (Å²) in [5, 5.41) is 2.58. The zero-order valence-electron chi connectivity index (χ0n) is 10.4. The topological polar surface area (TPSA) is 90.7 Å². The van der Waals surface area contributed by atoms with Crippen molar-refractivity contribution in [1.29, 1.82) is 0 Å². The predicted octanol–water partition coefficient (Wildman–Crippen LogP) is -0.360. The van der Waals surface area contributed by atoms with Crippen LogP contribution in [0.4, 0.5) is 0 Å². The predicted molar refractivity (Wildman–Crippen MR) is 70.8 cm³/mol. The van der Waals surface area contributed by atoms with Crippen LogP contribution in [0.15, 0.2) is 23.1 Å². The molecule has 1 aromatic rings. The Morgan fingerprint density at radius 1 is 1.32 bits per heavy atom. The number of carbonyl (C=O) groups excluding carboxylic acids is 1. The average Bonchev–Trinajstić information content (AvgIpc) is 2.44. The summed E-state index contributed by atoms with van der Waals surface area (Å²) in [6, 6.07) is 5.04. The van der Waals surface area contributed by atoms with Crippen molar-refractivity contribution in [2.45, 2.75) is 4.90 Å². The molecule has 0 saturated heterocycles. The lowest BCUT2D eigenvalue weighted by molar-refractivity contribution is -0.118. The van der Waals surface area contributed by atoms with E-state index in [4.69, 9.17) is 15.2 Å². The lowest BCUT2D eigenvalue weighted by atomic mass is 10.3. The van der Waals surface area contributed by atoms with Crippen molar-refractivity contribution in [3.8, 4) is 11.5 Å². The summed E-state index contributed by atoms with van der Waals surface area (Å²) in [7, 11) is -1.40. The summed E-state index contributed by atoms with van der Waals surface area (Å²) in [4.78, 5) is 12.0. The van der Waals surface area contributed by atoms with Crippen molar-refractivity contribution in [3.63, 3.8) is 0 Å². The molecule has 0 aromatic heterocycles. The van der Waals surface area contributed by atoms with E-state index in [2.05, 4.69) is 5.32 Å². The number of ether oxygens (including phenoxy) is 2. The quantitative estimate of drug-likeness (QED) is 0.770. The molecule has 0 fully saturated rings. The summed E-state index contributed by atoms with van der Waals surface area (Å²) < 4.78 is 22.8. The minimum Gasteiger partial charge on any atom is -0.486 e. The molecule has 1 amide bonds. The first kappa shape index (κ1) is 13.8. The average molecular weight is 284 g/mol. The molecule has 1 aliphatic heterocycles. The molecule has 0 aliphatic carbocycles. The number of nitrogens with one attached hydrogen (secondary N) is 1. The molecule has 1 unspecified atom stereocenters. The highest BCUT2D eigenvalue weighted by Gasteiger charge is 2.15. The monoisotopic (exact) mass is 284 g/mol. The summed E-state index contributed by atoms with van der Waals surface area (Å²) >= 11 is 0. The molecular formula is C12H16N2O4S. The van der Waals surface area contributed by atoms with Crippen LogP contribution in [0.1, 0.15) is 0 Å². The fourth-order valence-electron chi connectivity index (χ4n) is 1.63. The van der Waals surface area contributed by atoms with Gasteiger partial charge in [-0.3, -0.25) is 9.00 Å². The van der Waals surface area contributed by atoms with Gasteiger partial charge < -0.3 is 20.5 Å². The zero-order valence-corrected chi connectivity index (χ0v) is 11.2. The van der Waals surface area contributed by atoms with Crippen molar-refractivity contribution in [1.82, 2.24) is 5.32 Å². The second-order valence-electron chi connectivity index (χ2n) is 3.93. The van der Waals surface area contributed by atoms with E-state index in [1.165, 1.54) is 0 Å². The van der Waals surface area contributed by atoms with Crippen LogP contribution in [-0.4, -0.2) is 42.2 Å². The van der Waals surface area contributed by atoms with Gasteiger partial charge in [0, 0.05) is 24.1 Å². The standard InChI is InChI=1S/C12H16N2O4S/c13-3-4-14-12(15)8-19(16)9-1-2-10-11(7-9)18-6-5-17-10/h1-2,7H,3-6,8,13H2,(H,14,15). The number of hydrogen-bond donors (Lipinski definition) is 2. The van der Waals surface area contributed by atoms with Gasteiger partial charge in [0.15, 0.2) is 11.5 Å². The fraction of sp³-hybridized carbons (Fsp3) is 0.417. The molecule has 0 radical (unpaired) electrons. The third kappa shape index (κ3) is 3.68. The minimum absolute atomic E-state index is 0.0837. The van der Waals surface area contributed by atoms with E-state index < -0.39 is 10.8 Å². The lowest BCUT2D eigenvalue weighted by Crippen LogP contribution is -2.32. The van der Waals surface area contributed by atoms with Crippen LogP contribution in [0.3, 0.4) is 0 Å². The van der Waals surface area contributed by atoms with Crippen molar-refractivity contribution in [3.05, 3.63) is 18.2 Å². The Bertz CT molecular complexity index is 493. The molecule has 7 heteroatoms. The zero-order chi connectivity index (χ0) is 13.7. The highest BCUT2D eigenvalue weighted by Crippen LogP contribution is 2.31. The first-order valence-electron chi connectivity index (χ1n) is 5.95. The molecule has 0 saturated carbocycles. The van der Waals surface area contributed by atoms with E-state index in [0.717, 1.165) is 0 Å². The van der Waals surface area contributed by atoms with Gasteiger partial charge in [-0.25, -0.2) is 0 Å². The molecule has 19 heavy (non-hydrogen) atoms. The third-order valence-electron chi connectivity index (χ3n) is 2.51. The minimum atomic E-state index is -1.40. The maximum Gasteiger partial charge on any atom is 0.233 e. The maximum atomic E-state index is 12.0. The summed E-state index contributed by atoms with van der Waals surface area (Å²) in [5.74, 6) is 0.845. The van der Waals surface area contributed by atoms with E-state index in [1.807, 2.05) is 0 Å². The SMILES string of the molecule is NCCNC(=O)CS(=O)c1ccc2c(c1)OCCO2. The molecule has 1 heterocycles. The maximum absolute atomic E-state index is 12.0. The van der Waals surface area contributed by atoms with Gasteiger partial charge in [0.2, 0.25) is 5.91 Å². The van der Waals surface area contributed by atoms with Crippen molar-refractivity contribution in [2.24, 2.45) is 5.73 Å². The number of rotatable bonds is 5. The molecule has 1 aromatic carbocycles. The molecule has 2 rings (SSSR count). The Kier molecular flexibility index (Phi) is 4.75. The first-order chi connectivity index (χ1) is 9.20. The van der Waals surface area contributed by atoms with Crippen molar-refractivity contribution < 1.29 is 18.5 Å². The van der Waals surface area contributed by atoms with Crippen LogP contribution in [-0.2, 0) is 15.6 Å². The van der Waals surface area contributed by atoms with E-state index in [0.29, 0.717) is 42.7 Å². The smallest absolute Gasteiger partial charge is 0.233 e. The van der Waals surface area contributed by atoms with Gasteiger partial charge in [0.25, 0.3) is 0 Å². The van der Waals surface area contributed by atoms with Crippen molar-refractivity contribution >= 4 is 16.7 Å². The molecule has 1 atom stereocenters. The van der Waals surface area contributed by atoms with Gasteiger partial charge in [-0.1, -0.05) is 0 Å². The molecular weight excluding hydrogens is 268 g/mol. The number of nitrogens with two attached hydrogens (primary N) is 1. The Hall–Kier alpha value is -1.60. The van der Waals surface area contributed by atoms with Crippen LogP contribution in [0.2, 0.25) is 0 Å². The lowest BCUT2D eigenvalue weighted by Gasteiger charge is -2.18. The number of carbonyl (C=O) groups is 1. The van der Waals surface area contributed by atoms with Gasteiger partial charge in [-0.2, -0.15) is 0 Å². The highest BCUT2D eigenvalue weighted by molar-refractivity contribution is 7.85. The van der Waals surface area contributed by atoms with E-state index in [9.17, 15) is 9.00 Å². The summed E-state index contributed by atoms with van der Waals surface area (Å²) in [5.41, 5.74) is 5.27. The van der Waals surface area contributed by atoms with Gasteiger partial charge in [-0.15, -0.1) is 0 Å². The summed E-state index contributed by atoms with van der Waals surface area (Å²) in [6.07, 6.45) is 0. The van der Waals surface area contributed by atoms with Crippen LogP contribution >= 0.6 is 0 Å². The largest absolute Gasteiger partial charge is 0.486 e. The Labute approximate surface area is 113 Å². The molecule has 1 aliphatic rings. The van der Waals surface area contributed by atoms with E-state index >= 15 is 0 Å². The molecule has 3 N–H and O–H groups in total. The number of amides is 1. The second kappa shape index (κ2) is 6.53. The Morgan fingerprint density at radius 2 is 2.05 bits per heavy atom. The van der Waals surface area contributed by atoms with Gasteiger partial charge >= 0.3 is 0 Å². The van der Waals surface area contributed by atoms with Gasteiger partial charge in [-0.05, 0) is 12.1 Å². The third-order valence-corrected chi connectivity index (χ3v) is 3.81. The Balaban J connectivity index is 2.01. The molecule has 104 valence electrons. The molecule has 0 bridgehead atoms. The normalized spacial score (nSPS) is 14.8. The van der Waals surface area contributed by atoms with E-state index in [1.54, 1.807) is 18.2 Å². The fourth-order valence-corrected chi connectivity index (χ4v) is 2.60. The molecule has 6 nitrogen and oxygen atoms in total. The van der Waals surface area contributed by atoms with E-state index in [-0.39, 0.29) is 11.7 Å². The van der Waals surface area contributed by atoms with Crippen LogP contribution in [0, 0.1) is 0 Å². The summed E-state index contributed by atoms with van der Waals surface area (Å²) in [6.45, 7) is 1.73. The number of fused-ring (bicyclic) bond motifs is 1. The van der Waals surface area contributed by atoms with Crippen LogP contribution in [0.5, 0.6) is 11.5 Å². The molecule has 0 spiro atoms. The first-order valence-corrected chi connectivity index (χ1v) is 7.27.